The third-order valence-electron chi connectivity index (χ3n) is 6.18. The predicted octanol–water partition coefficient (Wildman–Crippen LogP) is 2.97. The maximum absolute atomic E-state index is 13.2. The summed E-state index contributed by atoms with van der Waals surface area (Å²) < 4.78 is 0. The van der Waals surface area contributed by atoms with E-state index in [2.05, 4.69) is 56.9 Å². The first-order chi connectivity index (χ1) is 14.0. The lowest BCUT2D eigenvalue weighted by Gasteiger charge is -2.40. The summed E-state index contributed by atoms with van der Waals surface area (Å²) in [5.41, 5.74) is 4.81. The second-order valence-corrected chi connectivity index (χ2v) is 8.42. The quantitative estimate of drug-likeness (QED) is 0.802. The highest BCUT2D eigenvalue weighted by molar-refractivity contribution is 5.80. The molecule has 1 aromatic heterocycles. The molecule has 154 valence electrons. The van der Waals surface area contributed by atoms with Crippen molar-refractivity contribution in [3.63, 3.8) is 0 Å². The van der Waals surface area contributed by atoms with Crippen molar-refractivity contribution in [2.75, 3.05) is 49.1 Å². The molecule has 1 unspecified atom stereocenters. The number of nitrogens with zero attached hydrogens (tertiary/aromatic N) is 5. The lowest BCUT2D eigenvalue weighted by atomic mass is 9.96. The average molecular weight is 394 g/mol. The number of carbonyl (C=O) groups excluding carboxylic acids is 1. The molecule has 6 nitrogen and oxygen atoms in total. The molecule has 2 aliphatic rings. The van der Waals surface area contributed by atoms with E-state index in [1.165, 1.54) is 16.8 Å². The molecule has 0 saturated carbocycles. The van der Waals surface area contributed by atoms with Crippen LogP contribution in [0.15, 0.2) is 30.3 Å². The number of benzene rings is 1. The number of aromatic nitrogens is 2. The van der Waals surface area contributed by atoms with Crippen LogP contribution in [-0.2, 0) is 4.79 Å². The summed E-state index contributed by atoms with van der Waals surface area (Å²) >= 11 is 0. The fraction of sp³-hybridized carbons (Fsp3) is 0.522. The van der Waals surface area contributed by atoms with E-state index in [1.807, 2.05) is 19.1 Å². The monoisotopic (exact) mass is 393 g/mol. The molecule has 4 rings (SSSR count). The fourth-order valence-electron chi connectivity index (χ4n) is 4.43. The van der Waals surface area contributed by atoms with Crippen LogP contribution in [0, 0.1) is 26.7 Å². The van der Waals surface area contributed by atoms with Gasteiger partial charge in [-0.15, -0.1) is 5.10 Å². The highest BCUT2D eigenvalue weighted by Gasteiger charge is 2.31. The minimum atomic E-state index is 0.0547. The van der Waals surface area contributed by atoms with Crippen LogP contribution in [0.5, 0.6) is 0 Å². The van der Waals surface area contributed by atoms with Crippen LogP contribution in [0.3, 0.4) is 0 Å². The van der Waals surface area contributed by atoms with Crippen LogP contribution >= 0.6 is 0 Å². The largest absolute Gasteiger partial charge is 0.368 e. The van der Waals surface area contributed by atoms with E-state index in [4.69, 9.17) is 0 Å². The van der Waals surface area contributed by atoms with E-state index in [0.717, 1.165) is 63.6 Å². The predicted molar refractivity (Wildman–Crippen MR) is 116 cm³/mol. The number of aryl methyl sites for hydroxylation is 3. The summed E-state index contributed by atoms with van der Waals surface area (Å²) in [5.74, 6) is 1.24. The van der Waals surface area contributed by atoms with Gasteiger partial charge in [0.1, 0.15) is 0 Å². The Morgan fingerprint density at radius 2 is 1.72 bits per heavy atom. The van der Waals surface area contributed by atoms with Gasteiger partial charge in [0.25, 0.3) is 0 Å². The molecule has 1 aromatic carbocycles. The molecule has 3 heterocycles. The van der Waals surface area contributed by atoms with Gasteiger partial charge < -0.3 is 14.7 Å². The minimum Gasteiger partial charge on any atom is -0.368 e. The zero-order valence-corrected chi connectivity index (χ0v) is 17.8. The Kier molecular flexibility index (Phi) is 5.69. The number of piperidine rings is 1. The maximum atomic E-state index is 13.2. The van der Waals surface area contributed by atoms with Gasteiger partial charge in [0.15, 0.2) is 5.82 Å². The number of hydrogen-bond acceptors (Lipinski definition) is 5. The molecule has 0 radical (unpaired) electrons. The van der Waals surface area contributed by atoms with Crippen molar-refractivity contribution in [3.8, 4) is 0 Å². The van der Waals surface area contributed by atoms with Gasteiger partial charge >= 0.3 is 0 Å². The van der Waals surface area contributed by atoms with Crippen molar-refractivity contribution >= 4 is 17.4 Å². The van der Waals surface area contributed by atoms with Gasteiger partial charge in [0.05, 0.1) is 11.6 Å². The molecule has 29 heavy (non-hydrogen) atoms. The zero-order chi connectivity index (χ0) is 20.4. The van der Waals surface area contributed by atoms with Crippen LogP contribution in [-0.4, -0.2) is 60.3 Å². The molecular formula is C23H31N5O. The third-order valence-corrected chi connectivity index (χ3v) is 6.18. The van der Waals surface area contributed by atoms with E-state index >= 15 is 0 Å². The van der Waals surface area contributed by atoms with Gasteiger partial charge in [-0.2, -0.15) is 5.10 Å². The van der Waals surface area contributed by atoms with Gasteiger partial charge in [0.2, 0.25) is 5.91 Å². The number of anilines is 2. The Balaban J connectivity index is 1.36. The SMILES string of the molecule is Cc1ccc(C)c(N2CCN(C(=O)C3CCCN(c4ccc(C)nn4)C3)CC2)c1. The van der Waals surface area contributed by atoms with Crippen LogP contribution in [0.4, 0.5) is 11.5 Å². The van der Waals surface area contributed by atoms with Crippen molar-refractivity contribution < 1.29 is 4.79 Å². The Bertz CT molecular complexity index is 858. The van der Waals surface area contributed by atoms with Crippen LogP contribution in [0.1, 0.15) is 29.7 Å². The number of piperazine rings is 1. The molecule has 0 aliphatic carbocycles. The lowest BCUT2D eigenvalue weighted by Crippen LogP contribution is -2.52. The molecule has 1 amide bonds. The van der Waals surface area contributed by atoms with Gasteiger partial charge in [-0.3, -0.25) is 4.79 Å². The second-order valence-electron chi connectivity index (χ2n) is 8.42. The minimum absolute atomic E-state index is 0.0547. The number of hydrogen-bond donors (Lipinski definition) is 0. The Labute approximate surface area is 173 Å². The van der Waals surface area contributed by atoms with Crippen molar-refractivity contribution in [2.24, 2.45) is 5.92 Å². The highest BCUT2D eigenvalue weighted by atomic mass is 16.2. The first kappa shape index (κ1) is 19.7. The maximum Gasteiger partial charge on any atom is 0.227 e. The smallest absolute Gasteiger partial charge is 0.227 e. The Hall–Kier alpha value is -2.63. The molecule has 2 aliphatic heterocycles. The molecule has 1 atom stereocenters. The molecule has 6 heteroatoms. The van der Waals surface area contributed by atoms with Crippen molar-refractivity contribution in [1.82, 2.24) is 15.1 Å². The zero-order valence-electron chi connectivity index (χ0n) is 17.8. The highest BCUT2D eigenvalue weighted by Crippen LogP contribution is 2.26. The molecular weight excluding hydrogens is 362 g/mol. The summed E-state index contributed by atoms with van der Waals surface area (Å²) in [5, 5.41) is 8.48. The molecule has 2 aromatic rings. The lowest BCUT2D eigenvalue weighted by molar-refractivity contribution is -0.136. The molecule has 2 saturated heterocycles. The van der Waals surface area contributed by atoms with Gasteiger partial charge in [-0.05, 0) is 62.9 Å². The van der Waals surface area contributed by atoms with E-state index in [0.29, 0.717) is 5.91 Å². The van der Waals surface area contributed by atoms with E-state index in [1.54, 1.807) is 0 Å². The van der Waals surface area contributed by atoms with Crippen molar-refractivity contribution in [1.29, 1.82) is 0 Å². The topological polar surface area (TPSA) is 52.6 Å². The van der Waals surface area contributed by atoms with E-state index in [9.17, 15) is 4.79 Å². The number of rotatable bonds is 3. The van der Waals surface area contributed by atoms with E-state index < -0.39 is 0 Å². The van der Waals surface area contributed by atoms with Crippen molar-refractivity contribution in [3.05, 3.63) is 47.2 Å². The summed E-state index contributed by atoms with van der Waals surface area (Å²) in [6.45, 7) is 11.3. The summed E-state index contributed by atoms with van der Waals surface area (Å²) in [4.78, 5) is 19.9. The summed E-state index contributed by atoms with van der Waals surface area (Å²) in [6.07, 6.45) is 1.99. The molecule has 0 N–H and O–H groups in total. The van der Waals surface area contributed by atoms with Crippen LogP contribution in [0.25, 0.3) is 0 Å². The van der Waals surface area contributed by atoms with Crippen LogP contribution in [0.2, 0.25) is 0 Å². The average Bonchev–Trinajstić information content (AvgIpc) is 2.76. The van der Waals surface area contributed by atoms with Gasteiger partial charge in [-0.25, -0.2) is 0 Å². The standard InChI is InChI=1S/C23H31N5O/c1-17-6-7-18(2)21(15-17)26-11-13-27(14-12-26)23(29)20-5-4-10-28(16-20)22-9-8-19(3)24-25-22/h6-9,15,20H,4-5,10-14,16H2,1-3H3. The Morgan fingerprint density at radius 1 is 0.931 bits per heavy atom. The molecule has 2 fully saturated rings. The summed E-state index contributed by atoms with van der Waals surface area (Å²) in [6, 6.07) is 10.6. The number of carbonyl (C=O) groups is 1. The molecule has 0 spiro atoms. The van der Waals surface area contributed by atoms with Gasteiger partial charge in [-0.1, -0.05) is 12.1 Å². The first-order valence-electron chi connectivity index (χ1n) is 10.7. The first-order valence-corrected chi connectivity index (χ1v) is 10.7. The molecule has 0 bridgehead atoms. The third kappa shape index (κ3) is 4.36. The summed E-state index contributed by atoms with van der Waals surface area (Å²) in [7, 11) is 0. The van der Waals surface area contributed by atoms with Gasteiger partial charge in [0, 0.05) is 45.0 Å². The Morgan fingerprint density at radius 3 is 2.45 bits per heavy atom. The second kappa shape index (κ2) is 8.39. The van der Waals surface area contributed by atoms with Crippen molar-refractivity contribution in [2.45, 2.75) is 33.6 Å². The normalized spacial score (nSPS) is 20.1. The van der Waals surface area contributed by atoms with Crippen LogP contribution < -0.4 is 9.80 Å². The van der Waals surface area contributed by atoms with E-state index in [-0.39, 0.29) is 5.92 Å². The number of amides is 1. The fourth-order valence-corrected chi connectivity index (χ4v) is 4.43.